The predicted octanol–water partition coefficient (Wildman–Crippen LogP) is 2.89. The second-order valence-electron chi connectivity index (χ2n) is 5.80. The number of aromatic nitrogens is 1. The molecule has 1 aromatic heterocycles. The highest BCUT2D eigenvalue weighted by Gasteiger charge is 2.18. The Morgan fingerprint density at radius 2 is 1.86 bits per heavy atom. The monoisotopic (exact) mass is 294 g/mol. The van der Waals surface area contributed by atoms with Crippen molar-refractivity contribution in [3.05, 3.63) is 23.0 Å². The molecule has 0 unspecified atom stereocenters. The third-order valence-electron chi connectivity index (χ3n) is 3.44. The second-order valence-corrected chi connectivity index (χ2v) is 5.80. The maximum absolute atomic E-state index is 11.3. The molecule has 0 saturated carbocycles. The lowest BCUT2D eigenvalue weighted by Gasteiger charge is -2.30. The van der Waals surface area contributed by atoms with Gasteiger partial charge in [0.15, 0.2) is 0 Å². The van der Waals surface area contributed by atoms with Crippen molar-refractivity contribution < 1.29 is 14.6 Å². The lowest BCUT2D eigenvalue weighted by atomic mass is 10.1. The quantitative estimate of drug-likeness (QED) is 0.837. The van der Waals surface area contributed by atoms with Crippen LogP contribution in [0.5, 0.6) is 5.75 Å². The van der Waals surface area contributed by atoms with Crippen LogP contribution in [0.15, 0.2) is 6.07 Å². The summed E-state index contributed by atoms with van der Waals surface area (Å²) in [4.78, 5) is 17.8. The highest BCUT2D eigenvalue weighted by molar-refractivity contribution is 5.92. The lowest BCUT2D eigenvalue weighted by molar-refractivity contribution is 0.0688. The number of carboxylic acid groups (broad SMARTS) is 1. The predicted molar refractivity (Wildman–Crippen MR) is 83.1 cm³/mol. The summed E-state index contributed by atoms with van der Waals surface area (Å²) >= 11 is 0. The average Bonchev–Trinajstić information content (AvgIpc) is 2.31. The van der Waals surface area contributed by atoms with Gasteiger partial charge >= 0.3 is 5.97 Å². The molecule has 0 aliphatic heterocycles. The van der Waals surface area contributed by atoms with Crippen molar-refractivity contribution in [2.45, 2.75) is 53.6 Å². The summed E-state index contributed by atoms with van der Waals surface area (Å²) in [7, 11) is 0. The zero-order valence-electron chi connectivity index (χ0n) is 13.8. The Hall–Kier alpha value is -1.62. The molecule has 5 nitrogen and oxygen atoms in total. The molecule has 21 heavy (non-hydrogen) atoms. The molecule has 0 fully saturated rings. The van der Waals surface area contributed by atoms with Crippen LogP contribution in [0.25, 0.3) is 0 Å². The highest BCUT2D eigenvalue weighted by atomic mass is 16.5. The van der Waals surface area contributed by atoms with E-state index >= 15 is 0 Å². The van der Waals surface area contributed by atoms with Crippen LogP contribution in [-0.4, -0.2) is 46.2 Å². The summed E-state index contributed by atoms with van der Waals surface area (Å²) in [6.07, 6.45) is 0. The van der Waals surface area contributed by atoms with Gasteiger partial charge in [0.2, 0.25) is 0 Å². The molecule has 0 saturated heterocycles. The minimum atomic E-state index is -1.00. The van der Waals surface area contributed by atoms with Gasteiger partial charge < -0.3 is 9.84 Å². The Balaban J connectivity index is 2.82. The fraction of sp³-hybridized carbons (Fsp3) is 0.625. The van der Waals surface area contributed by atoms with Crippen molar-refractivity contribution in [2.75, 3.05) is 13.2 Å². The molecule has 1 aromatic rings. The van der Waals surface area contributed by atoms with E-state index in [0.717, 1.165) is 12.2 Å². The molecule has 5 heteroatoms. The number of hydrogen-bond donors (Lipinski definition) is 1. The van der Waals surface area contributed by atoms with Gasteiger partial charge in [-0.3, -0.25) is 9.88 Å². The van der Waals surface area contributed by atoms with E-state index in [4.69, 9.17) is 4.74 Å². The molecule has 0 aromatic carbocycles. The van der Waals surface area contributed by atoms with Crippen molar-refractivity contribution in [3.8, 4) is 5.75 Å². The lowest BCUT2D eigenvalue weighted by Crippen LogP contribution is -2.39. The number of aryl methyl sites for hydroxylation is 2. The largest absolute Gasteiger partial charge is 0.491 e. The Labute approximate surface area is 126 Å². The number of hydrogen-bond acceptors (Lipinski definition) is 4. The first-order valence-corrected chi connectivity index (χ1v) is 7.34. The number of carbonyl (C=O) groups is 1. The maximum atomic E-state index is 11.3. The highest BCUT2D eigenvalue weighted by Crippen LogP contribution is 2.22. The van der Waals surface area contributed by atoms with E-state index in [1.165, 1.54) is 0 Å². The number of aromatic carboxylic acids is 1. The van der Waals surface area contributed by atoms with Crippen molar-refractivity contribution in [1.29, 1.82) is 0 Å². The summed E-state index contributed by atoms with van der Waals surface area (Å²) in [6, 6.07) is 2.54. The summed E-state index contributed by atoms with van der Waals surface area (Å²) in [5, 5.41) is 9.29. The van der Waals surface area contributed by atoms with E-state index < -0.39 is 5.97 Å². The van der Waals surface area contributed by atoms with E-state index in [-0.39, 0.29) is 5.56 Å². The SMILES string of the molecule is Cc1cc(OCCN(C(C)C)C(C)C)c(C(=O)O)c(C)n1. The van der Waals surface area contributed by atoms with Crippen molar-refractivity contribution >= 4 is 5.97 Å². The molecule has 1 heterocycles. The van der Waals surface area contributed by atoms with Crippen molar-refractivity contribution in [2.24, 2.45) is 0 Å². The van der Waals surface area contributed by atoms with E-state index in [2.05, 4.69) is 37.6 Å². The zero-order chi connectivity index (χ0) is 16.2. The first-order valence-electron chi connectivity index (χ1n) is 7.34. The minimum Gasteiger partial charge on any atom is -0.491 e. The minimum absolute atomic E-state index is 0.154. The first kappa shape index (κ1) is 17.4. The standard InChI is InChI=1S/C16H26N2O3/c1-10(2)18(11(3)4)7-8-21-14-9-12(5)17-13(6)15(14)16(19)20/h9-11H,7-8H2,1-6H3,(H,19,20). The molecule has 0 bridgehead atoms. The van der Waals surface area contributed by atoms with Crippen LogP contribution in [0.1, 0.15) is 49.4 Å². The number of carboxylic acids is 1. The van der Waals surface area contributed by atoms with Gasteiger partial charge in [-0.15, -0.1) is 0 Å². The van der Waals surface area contributed by atoms with E-state index in [1.54, 1.807) is 13.0 Å². The van der Waals surface area contributed by atoms with Gasteiger partial charge in [0, 0.05) is 30.4 Å². The number of rotatable bonds is 7. The summed E-state index contributed by atoms with van der Waals surface area (Å²) in [5.41, 5.74) is 1.40. The van der Waals surface area contributed by atoms with Crippen LogP contribution in [-0.2, 0) is 0 Å². The Kier molecular flexibility index (Phi) is 6.15. The van der Waals surface area contributed by atoms with Crippen LogP contribution >= 0.6 is 0 Å². The Bertz CT molecular complexity index is 491. The van der Waals surface area contributed by atoms with E-state index in [0.29, 0.717) is 30.1 Å². The van der Waals surface area contributed by atoms with Gasteiger partial charge in [-0.2, -0.15) is 0 Å². The van der Waals surface area contributed by atoms with Crippen LogP contribution in [0.2, 0.25) is 0 Å². The van der Waals surface area contributed by atoms with Crippen LogP contribution in [0.3, 0.4) is 0 Å². The first-order chi connectivity index (χ1) is 9.73. The molecule has 0 radical (unpaired) electrons. The molecule has 0 amide bonds. The number of nitrogens with zero attached hydrogens (tertiary/aromatic N) is 2. The molecule has 1 rings (SSSR count). The fourth-order valence-corrected chi connectivity index (χ4v) is 2.54. The van der Waals surface area contributed by atoms with Crippen LogP contribution in [0, 0.1) is 13.8 Å². The van der Waals surface area contributed by atoms with Crippen LogP contribution in [0.4, 0.5) is 0 Å². The summed E-state index contributed by atoms with van der Waals surface area (Å²) in [5.74, 6) is -0.598. The van der Waals surface area contributed by atoms with Gasteiger partial charge in [0.05, 0.1) is 5.69 Å². The van der Waals surface area contributed by atoms with E-state index in [9.17, 15) is 9.90 Å². The smallest absolute Gasteiger partial charge is 0.341 e. The van der Waals surface area contributed by atoms with Gasteiger partial charge in [0.25, 0.3) is 0 Å². The van der Waals surface area contributed by atoms with Crippen molar-refractivity contribution in [1.82, 2.24) is 9.88 Å². The second kappa shape index (κ2) is 7.41. The molecular weight excluding hydrogens is 268 g/mol. The summed E-state index contributed by atoms with van der Waals surface area (Å²) in [6.45, 7) is 13.3. The van der Waals surface area contributed by atoms with Gasteiger partial charge in [-0.25, -0.2) is 4.79 Å². The average molecular weight is 294 g/mol. The third kappa shape index (κ3) is 4.70. The van der Waals surface area contributed by atoms with Gasteiger partial charge in [0.1, 0.15) is 17.9 Å². The molecule has 0 spiro atoms. The van der Waals surface area contributed by atoms with Gasteiger partial charge in [-0.1, -0.05) is 0 Å². The normalized spacial score (nSPS) is 11.5. The summed E-state index contributed by atoms with van der Waals surface area (Å²) < 4.78 is 5.73. The Morgan fingerprint density at radius 1 is 1.29 bits per heavy atom. The molecule has 1 N–H and O–H groups in total. The van der Waals surface area contributed by atoms with Crippen LogP contribution < -0.4 is 4.74 Å². The maximum Gasteiger partial charge on any atom is 0.341 e. The zero-order valence-corrected chi connectivity index (χ0v) is 13.8. The molecule has 118 valence electrons. The van der Waals surface area contributed by atoms with E-state index in [1.807, 2.05) is 6.92 Å². The topological polar surface area (TPSA) is 62.7 Å². The number of ether oxygens (including phenoxy) is 1. The van der Waals surface area contributed by atoms with Crippen molar-refractivity contribution in [3.63, 3.8) is 0 Å². The molecule has 0 atom stereocenters. The third-order valence-corrected chi connectivity index (χ3v) is 3.44. The fourth-order valence-electron chi connectivity index (χ4n) is 2.54. The molecular formula is C16H26N2O3. The molecule has 0 aliphatic rings. The molecule has 0 aliphatic carbocycles. The van der Waals surface area contributed by atoms with Gasteiger partial charge in [-0.05, 0) is 41.5 Å². The Morgan fingerprint density at radius 3 is 2.33 bits per heavy atom. The number of pyridine rings is 1.